The van der Waals surface area contributed by atoms with Crippen molar-refractivity contribution in [3.8, 4) is 0 Å². The number of nitrogens with two attached hydrogens (primary N) is 1. The highest BCUT2D eigenvalue weighted by Gasteiger charge is 2.40. The van der Waals surface area contributed by atoms with Gasteiger partial charge >= 0.3 is 5.97 Å². The van der Waals surface area contributed by atoms with E-state index in [4.69, 9.17) is 5.73 Å². The Balaban J connectivity index is 1.27. The summed E-state index contributed by atoms with van der Waals surface area (Å²) in [6.45, 7) is 2.99. The maximum absolute atomic E-state index is 14.0. The number of nitrogens with one attached hydrogen (secondary N) is 5. The van der Waals surface area contributed by atoms with Crippen molar-refractivity contribution in [2.45, 2.75) is 88.6 Å². The zero-order valence-corrected chi connectivity index (χ0v) is 32.7. The van der Waals surface area contributed by atoms with Gasteiger partial charge in [-0.15, -0.1) is 0 Å². The van der Waals surface area contributed by atoms with Crippen LogP contribution in [0.3, 0.4) is 0 Å². The molecule has 0 spiro atoms. The third-order valence-corrected chi connectivity index (χ3v) is 10.7. The molecule has 7 atom stereocenters. The Bertz CT molecular complexity index is 2040. The van der Waals surface area contributed by atoms with Crippen molar-refractivity contribution in [1.29, 1.82) is 0 Å². The number of carbonyl (C=O) groups excluding carboxylic acids is 5. The lowest BCUT2D eigenvalue weighted by molar-refractivity contribution is -0.145. The quantitative estimate of drug-likeness (QED) is 0.0687. The first kappa shape index (κ1) is 43.1. The molecule has 0 unspecified atom stereocenters. The summed E-state index contributed by atoms with van der Waals surface area (Å²) in [4.78, 5) is 85.2. The van der Waals surface area contributed by atoms with Gasteiger partial charge in [-0.3, -0.25) is 24.0 Å². The van der Waals surface area contributed by atoms with Crippen LogP contribution in [-0.4, -0.2) is 105 Å². The van der Waals surface area contributed by atoms with Gasteiger partial charge in [0.2, 0.25) is 29.5 Å². The normalized spacial score (nSPS) is 17.0. The summed E-state index contributed by atoms with van der Waals surface area (Å²) in [5.41, 5.74) is 9.51. The van der Waals surface area contributed by atoms with Crippen LogP contribution in [0.15, 0.2) is 91.1 Å². The number of aliphatic hydroxyl groups excluding tert-OH is 1. The first-order chi connectivity index (χ1) is 27.9. The number of aliphatic carboxylic acids is 1. The Morgan fingerprint density at radius 3 is 2.00 bits per heavy atom. The lowest BCUT2D eigenvalue weighted by Gasteiger charge is -2.30. The van der Waals surface area contributed by atoms with Crippen molar-refractivity contribution in [1.82, 2.24) is 31.2 Å². The Morgan fingerprint density at radius 2 is 1.38 bits per heavy atom. The summed E-state index contributed by atoms with van der Waals surface area (Å²) in [6, 6.07) is 18.3. The maximum atomic E-state index is 14.0. The van der Waals surface area contributed by atoms with Crippen LogP contribution in [0, 0.1) is 5.92 Å². The number of carboxylic acid groups (broad SMARTS) is 1. The monoisotopic (exact) mass is 795 g/mol. The van der Waals surface area contributed by atoms with E-state index in [-0.39, 0.29) is 38.1 Å². The van der Waals surface area contributed by atoms with Gasteiger partial charge in [0, 0.05) is 36.5 Å². The molecule has 3 aromatic carbocycles. The molecule has 58 heavy (non-hydrogen) atoms. The number of hydrogen-bond donors (Lipinski definition) is 8. The highest BCUT2D eigenvalue weighted by Crippen LogP contribution is 2.21. The molecule has 0 saturated carbocycles. The van der Waals surface area contributed by atoms with Crippen molar-refractivity contribution in [3.05, 3.63) is 108 Å². The van der Waals surface area contributed by atoms with Gasteiger partial charge in [-0.25, -0.2) is 4.79 Å². The van der Waals surface area contributed by atoms with E-state index in [1.807, 2.05) is 31.2 Å². The molecule has 4 aromatic rings. The van der Waals surface area contributed by atoms with E-state index in [1.165, 1.54) is 4.90 Å². The van der Waals surface area contributed by atoms with Gasteiger partial charge in [0.1, 0.15) is 30.2 Å². The molecule has 1 aliphatic heterocycles. The van der Waals surface area contributed by atoms with Gasteiger partial charge in [0.15, 0.2) is 0 Å². The highest BCUT2D eigenvalue weighted by atomic mass is 16.4. The Morgan fingerprint density at radius 1 is 0.776 bits per heavy atom. The van der Waals surface area contributed by atoms with Crippen LogP contribution < -0.4 is 27.0 Å². The summed E-state index contributed by atoms with van der Waals surface area (Å²) in [6.07, 6.45) is 3.26. The number of H-pyrrole nitrogens is 1. The molecule has 0 radical (unpaired) electrons. The van der Waals surface area contributed by atoms with Crippen molar-refractivity contribution in [2.75, 3.05) is 13.2 Å². The lowest BCUT2D eigenvalue weighted by Crippen LogP contribution is -2.61. The summed E-state index contributed by atoms with van der Waals surface area (Å²) >= 11 is 0. The fourth-order valence-corrected chi connectivity index (χ4v) is 7.19. The Hall–Kier alpha value is -6.06. The van der Waals surface area contributed by atoms with E-state index < -0.39 is 78.4 Å². The summed E-state index contributed by atoms with van der Waals surface area (Å²) in [5, 5.41) is 31.8. The molecule has 1 saturated heterocycles. The smallest absolute Gasteiger partial charge is 0.326 e. The van der Waals surface area contributed by atoms with Crippen LogP contribution in [-0.2, 0) is 48.0 Å². The van der Waals surface area contributed by atoms with E-state index in [1.54, 1.807) is 73.8 Å². The molecule has 1 aromatic heterocycles. The number of carbonyl (C=O) groups is 6. The van der Waals surface area contributed by atoms with E-state index >= 15 is 0 Å². The highest BCUT2D eigenvalue weighted by molar-refractivity contribution is 5.97. The predicted octanol–water partition coefficient (Wildman–Crippen LogP) is 1.58. The molecular formula is C43H53N7O8. The first-order valence-corrected chi connectivity index (χ1v) is 19.6. The number of aromatic nitrogens is 1. The van der Waals surface area contributed by atoms with Crippen molar-refractivity contribution in [3.63, 3.8) is 0 Å². The molecule has 0 bridgehead atoms. The standard InChI is InChI=1S/C43H53N7O8/c1-3-26(2)37(49-38(52)31(44)23-29-24-45-32-18-11-10-17-30(29)32)41(55)46-33(21-27-13-6-4-7-14-27)39(53)48-35(25-51)42(56)50-20-12-19-36(50)40(54)47-34(43(57)58)22-28-15-8-5-9-16-28/h4-11,13-18,24,26,31,33-37,45,51H,3,12,19-23,25,44H2,1-2H3,(H,46,55)(H,47,54)(H,48,53)(H,49,52)(H,57,58)/t26-,31-,33-,34-,35-,36-,37-/m0/s1. The molecule has 1 fully saturated rings. The van der Waals surface area contributed by atoms with Crippen LogP contribution in [0.1, 0.15) is 49.8 Å². The number of likely N-dealkylation sites (tertiary alicyclic amines) is 1. The third-order valence-electron chi connectivity index (χ3n) is 10.7. The number of hydrogen-bond acceptors (Lipinski definition) is 8. The second kappa shape index (κ2) is 20.4. The average molecular weight is 796 g/mol. The average Bonchev–Trinajstić information content (AvgIpc) is 3.89. The van der Waals surface area contributed by atoms with Crippen molar-refractivity contribution < 1.29 is 39.0 Å². The molecule has 15 heteroatoms. The second-order valence-corrected chi connectivity index (χ2v) is 14.8. The molecule has 9 N–H and O–H groups in total. The van der Waals surface area contributed by atoms with Crippen molar-refractivity contribution >= 4 is 46.4 Å². The summed E-state index contributed by atoms with van der Waals surface area (Å²) in [7, 11) is 0. The molecule has 1 aliphatic rings. The van der Waals surface area contributed by atoms with Gasteiger partial charge in [-0.2, -0.15) is 0 Å². The molecule has 5 amide bonds. The number of benzene rings is 3. The van der Waals surface area contributed by atoms with Crippen LogP contribution in [0.5, 0.6) is 0 Å². The molecule has 2 heterocycles. The number of nitrogens with zero attached hydrogens (tertiary/aromatic N) is 1. The minimum atomic E-state index is -1.48. The van der Waals surface area contributed by atoms with Crippen LogP contribution in [0.4, 0.5) is 0 Å². The fourth-order valence-electron chi connectivity index (χ4n) is 7.19. The van der Waals surface area contributed by atoms with E-state index in [9.17, 15) is 39.0 Å². The largest absolute Gasteiger partial charge is 0.480 e. The third kappa shape index (κ3) is 11.1. The van der Waals surface area contributed by atoms with Gasteiger partial charge < -0.3 is 47.1 Å². The fraction of sp³-hybridized carbons (Fsp3) is 0.395. The number of carboxylic acids is 1. The van der Waals surface area contributed by atoms with Crippen molar-refractivity contribution in [2.24, 2.45) is 11.7 Å². The molecule has 5 rings (SSSR count). The zero-order valence-electron chi connectivity index (χ0n) is 32.7. The Labute approximate surface area is 337 Å². The van der Waals surface area contributed by atoms with Gasteiger partial charge in [-0.05, 0) is 47.9 Å². The summed E-state index contributed by atoms with van der Waals surface area (Å²) in [5.74, 6) is -4.94. The van der Waals surface area contributed by atoms with E-state index in [0.29, 0.717) is 24.0 Å². The van der Waals surface area contributed by atoms with Gasteiger partial charge in [-0.1, -0.05) is 99.1 Å². The SMILES string of the molecule is CC[C@H](C)[C@H](NC(=O)[C@@H](N)Cc1c[nH]c2ccccc12)C(=O)N[C@@H](Cc1ccccc1)C(=O)N[C@@H](CO)C(=O)N1CCC[C@H]1C(=O)N[C@@H](Cc1ccccc1)C(=O)O. The first-order valence-electron chi connectivity index (χ1n) is 19.6. The molecule has 0 aliphatic carbocycles. The number of aliphatic hydroxyl groups is 1. The van der Waals surface area contributed by atoms with Crippen LogP contribution in [0.2, 0.25) is 0 Å². The number of rotatable bonds is 19. The number of aromatic amines is 1. The van der Waals surface area contributed by atoms with Crippen LogP contribution >= 0.6 is 0 Å². The number of fused-ring (bicyclic) bond motifs is 1. The topological polar surface area (TPSA) is 236 Å². The predicted molar refractivity (Wildman–Crippen MR) is 217 cm³/mol. The zero-order chi connectivity index (χ0) is 41.8. The molecule has 308 valence electrons. The minimum absolute atomic E-state index is 0.0126. The second-order valence-electron chi connectivity index (χ2n) is 14.8. The minimum Gasteiger partial charge on any atom is -0.480 e. The van der Waals surface area contributed by atoms with Gasteiger partial charge in [0.25, 0.3) is 0 Å². The lowest BCUT2D eigenvalue weighted by atomic mass is 9.96. The molecule has 15 nitrogen and oxygen atoms in total. The van der Waals surface area contributed by atoms with E-state index in [0.717, 1.165) is 16.5 Å². The number of amides is 5. The number of para-hydroxylation sites is 1. The van der Waals surface area contributed by atoms with Gasteiger partial charge in [0.05, 0.1) is 12.6 Å². The van der Waals surface area contributed by atoms with Crippen LogP contribution in [0.25, 0.3) is 10.9 Å². The maximum Gasteiger partial charge on any atom is 0.326 e. The summed E-state index contributed by atoms with van der Waals surface area (Å²) < 4.78 is 0. The molecular weight excluding hydrogens is 743 g/mol. The Kier molecular flexibility index (Phi) is 15.1. The van der Waals surface area contributed by atoms with E-state index in [2.05, 4.69) is 26.3 Å².